The van der Waals surface area contributed by atoms with Gasteiger partial charge in [0.05, 0.1) is 17.6 Å². The van der Waals surface area contributed by atoms with Crippen molar-refractivity contribution >= 4 is 27.8 Å². The Kier molecular flexibility index (Phi) is 8.99. The van der Waals surface area contributed by atoms with Gasteiger partial charge in [-0.15, -0.1) is 0 Å². The second-order valence-corrected chi connectivity index (χ2v) is 9.43. The summed E-state index contributed by atoms with van der Waals surface area (Å²) in [5, 5.41) is 19.1. The molecular formula is C26H26FNO6S. The van der Waals surface area contributed by atoms with E-state index in [1.165, 1.54) is 12.1 Å². The first-order valence-corrected chi connectivity index (χ1v) is 12.4. The lowest BCUT2D eigenvalue weighted by molar-refractivity contribution is -0.136. The molecule has 3 N–H and O–H groups in total. The number of carboxylic acids is 1. The fourth-order valence-corrected chi connectivity index (χ4v) is 4.28. The van der Waals surface area contributed by atoms with E-state index in [2.05, 4.69) is 4.72 Å². The van der Waals surface area contributed by atoms with Crippen molar-refractivity contribution in [2.75, 3.05) is 11.3 Å². The molecule has 0 aromatic heterocycles. The molecule has 0 amide bonds. The van der Waals surface area contributed by atoms with Crippen molar-refractivity contribution in [2.45, 2.75) is 30.3 Å². The van der Waals surface area contributed by atoms with E-state index in [0.29, 0.717) is 29.8 Å². The molecule has 9 heteroatoms. The van der Waals surface area contributed by atoms with E-state index in [1.807, 2.05) is 12.1 Å². The Balaban J connectivity index is 1.54. The van der Waals surface area contributed by atoms with Crippen LogP contribution in [0.5, 0.6) is 5.75 Å². The van der Waals surface area contributed by atoms with Gasteiger partial charge in [-0.2, -0.15) is 0 Å². The van der Waals surface area contributed by atoms with Crippen LogP contribution in [0.25, 0.3) is 6.08 Å². The van der Waals surface area contributed by atoms with Crippen molar-refractivity contribution in [3.63, 3.8) is 0 Å². The van der Waals surface area contributed by atoms with Crippen molar-refractivity contribution in [3.05, 3.63) is 95.8 Å². The maximum Gasteiger partial charge on any atom is 0.303 e. The monoisotopic (exact) mass is 499 g/mol. The maximum atomic E-state index is 13.1. The van der Waals surface area contributed by atoms with Gasteiger partial charge < -0.3 is 14.9 Å². The van der Waals surface area contributed by atoms with E-state index in [4.69, 9.17) is 9.84 Å². The van der Waals surface area contributed by atoms with Gasteiger partial charge in [-0.3, -0.25) is 9.52 Å². The number of hydrogen-bond acceptors (Lipinski definition) is 5. The molecule has 184 valence electrons. The lowest BCUT2D eigenvalue weighted by Crippen LogP contribution is -2.13. The van der Waals surface area contributed by atoms with Gasteiger partial charge in [-0.1, -0.05) is 42.5 Å². The zero-order valence-electron chi connectivity index (χ0n) is 18.8. The molecule has 0 bridgehead atoms. The number of nitrogens with one attached hydrogen (secondary N) is 1. The van der Waals surface area contributed by atoms with Crippen LogP contribution in [0.1, 0.15) is 24.0 Å². The van der Waals surface area contributed by atoms with Gasteiger partial charge in [0, 0.05) is 18.5 Å². The Morgan fingerprint density at radius 3 is 2.54 bits per heavy atom. The van der Waals surface area contributed by atoms with Gasteiger partial charge >= 0.3 is 5.97 Å². The van der Waals surface area contributed by atoms with Crippen LogP contribution in [0.15, 0.2) is 83.8 Å². The third-order valence-corrected chi connectivity index (χ3v) is 6.42. The van der Waals surface area contributed by atoms with Crippen LogP contribution < -0.4 is 9.46 Å². The number of aryl methyl sites for hydroxylation is 1. The first kappa shape index (κ1) is 25.9. The van der Waals surface area contributed by atoms with Crippen LogP contribution in [0.3, 0.4) is 0 Å². The third kappa shape index (κ3) is 8.24. The van der Waals surface area contributed by atoms with E-state index in [-0.39, 0.29) is 17.9 Å². The smallest absolute Gasteiger partial charge is 0.303 e. The zero-order chi connectivity index (χ0) is 25.3. The number of sulfonamides is 1. The molecule has 1 unspecified atom stereocenters. The summed E-state index contributed by atoms with van der Waals surface area (Å²) in [6, 6.07) is 18.3. The summed E-state index contributed by atoms with van der Waals surface area (Å²) < 4.78 is 46.2. The normalized spacial score (nSPS) is 12.4. The minimum atomic E-state index is -3.87. The first-order valence-electron chi connectivity index (χ1n) is 10.9. The van der Waals surface area contributed by atoms with Crippen molar-refractivity contribution < 1.29 is 32.6 Å². The minimum Gasteiger partial charge on any atom is -0.493 e. The summed E-state index contributed by atoms with van der Waals surface area (Å²) >= 11 is 0. The second-order valence-electron chi connectivity index (χ2n) is 7.75. The number of para-hydroxylation sites is 1. The highest BCUT2D eigenvalue weighted by Gasteiger charge is 2.14. The van der Waals surface area contributed by atoms with Gasteiger partial charge in [0.1, 0.15) is 11.6 Å². The minimum absolute atomic E-state index is 0.00482. The summed E-state index contributed by atoms with van der Waals surface area (Å²) in [4.78, 5) is 10.8. The highest BCUT2D eigenvalue weighted by molar-refractivity contribution is 7.92. The predicted molar refractivity (Wildman–Crippen MR) is 131 cm³/mol. The topological polar surface area (TPSA) is 113 Å². The van der Waals surface area contributed by atoms with Crippen LogP contribution in [0.2, 0.25) is 0 Å². The molecule has 0 fully saturated rings. The van der Waals surface area contributed by atoms with Crippen molar-refractivity contribution in [3.8, 4) is 5.75 Å². The summed E-state index contributed by atoms with van der Waals surface area (Å²) in [5.41, 5.74) is 1.79. The molecule has 7 nitrogen and oxygen atoms in total. The van der Waals surface area contributed by atoms with Crippen LogP contribution in [-0.4, -0.2) is 37.3 Å². The van der Waals surface area contributed by atoms with Crippen molar-refractivity contribution in [1.82, 2.24) is 0 Å². The fourth-order valence-electron chi connectivity index (χ4n) is 3.23. The second kappa shape index (κ2) is 12.1. The van der Waals surface area contributed by atoms with E-state index in [1.54, 1.807) is 48.6 Å². The molecule has 0 saturated carbocycles. The van der Waals surface area contributed by atoms with E-state index < -0.39 is 27.9 Å². The van der Waals surface area contributed by atoms with Crippen LogP contribution >= 0.6 is 0 Å². The van der Waals surface area contributed by atoms with Gasteiger partial charge in [0.15, 0.2) is 0 Å². The summed E-state index contributed by atoms with van der Waals surface area (Å²) in [6.45, 7) is 0.229. The van der Waals surface area contributed by atoms with Crippen LogP contribution in [-0.2, 0) is 21.2 Å². The van der Waals surface area contributed by atoms with Gasteiger partial charge in [0.25, 0.3) is 10.0 Å². The molecule has 0 aliphatic rings. The van der Waals surface area contributed by atoms with Gasteiger partial charge in [0.2, 0.25) is 0 Å². The quantitative estimate of drug-likeness (QED) is 0.339. The van der Waals surface area contributed by atoms with E-state index in [9.17, 15) is 22.7 Å². The third-order valence-electron chi connectivity index (χ3n) is 5.03. The van der Waals surface area contributed by atoms with Crippen molar-refractivity contribution in [1.29, 1.82) is 0 Å². The number of halogens is 1. The van der Waals surface area contributed by atoms with Gasteiger partial charge in [-0.25, -0.2) is 12.8 Å². The molecule has 3 aromatic carbocycles. The number of hydrogen-bond donors (Lipinski definition) is 3. The predicted octanol–water partition coefficient (Wildman–Crippen LogP) is 4.49. The maximum absolute atomic E-state index is 13.1. The Morgan fingerprint density at radius 2 is 1.80 bits per heavy atom. The Bertz CT molecular complexity index is 1280. The lowest BCUT2D eigenvalue weighted by Gasteiger charge is -2.12. The molecule has 0 radical (unpaired) electrons. The molecule has 0 aliphatic heterocycles. The van der Waals surface area contributed by atoms with Crippen molar-refractivity contribution in [2.24, 2.45) is 0 Å². The summed E-state index contributed by atoms with van der Waals surface area (Å²) in [5.74, 6) is -0.818. The number of benzene rings is 3. The number of aliphatic carboxylic acids is 1. The standard InChI is InChI=1S/C26H26FNO6S/c27-21-10-13-24(14-11-21)35(32,33)28-22-6-3-4-19(18-22)8-12-23(29)16-17-34-25-7-2-1-5-20(25)9-15-26(30)31/h1-8,10-14,18,23,28-29H,9,15-17H2,(H,30,31)/b12-8+. The van der Waals surface area contributed by atoms with E-state index in [0.717, 1.165) is 17.7 Å². The average Bonchev–Trinajstić information content (AvgIpc) is 2.82. The SMILES string of the molecule is O=C(O)CCc1ccccc1OCCC(O)/C=C/c1cccc(NS(=O)(=O)c2ccc(F)cc2)c1. The van der Waals surface area contributed by atoms with Gasteiger partial charge in [-0.05, 0) is 60.0 Å². The summed E-state index contributed by atoms with van der Waals surface area (Å²) in [6.07, 6.45) is 3.11. The largest absolute Gasteiger partial charge is 0.493 e. The molecule has 3 aromatic rings. The highest BCUT2D eigenvalue weighted by Crippen LogP contribution is 2.21. The molecule has 0 aliphatic carbocycles. The molecule has 0 heterocycles. The fraction of sp³-hybridized carbons (Fsp3) is 0.192. The van der Waals surface area contributed by atoms with Crippen LogP contribution in [0, 0.1) is 5.82 Å². The number of anilines is 1. The molecule has 0 spiro atoms. The number of aliphatic hydroxyl groups excluding tert-OH is 1. The van der Waals surface area contributed by atoms with E-state index >= 15 is 0 Å². The molecule has 1 atom stereocenters. The molecule has 35 heavy (non-hydrogen) atoms. The summed E-state index contributed by atoms with van der Waals surface area (Å²) in [7, 11) is -3.87. The number of carboxylic acid groups (broad SMARTS) is 1. The van der Waals surface area contributed by atoms with Crippen LogP contribution in [0.4, 0.5) is 10.1 Å². The zero-order valence-corrected chi connectivity index (χ0v) is 19.6. The highest BCUT2D eigenvalue weighted by atomic mass is 32.2. The molecule has 3 rings (SSSR count). The Hall–Kier alpha value is -3.69. The Labute approximate surface area is 203 Å². The molecular weight excluding hydrogens is 473 g/mol. The lowest BCUT2D eigenvalue weighted by atomic mass is 10.1. The molecule has 0 saturated heterocycles. The average molecular weight is 500 g/mol. The number of rotatable bonds is 12. The number of aliphatic hydroxyl groups is 1. The first-order chi connectivity index (χ1) is 16.7. The number of carbonyl (C=O) groups is 1. The number of ether oxygens (including phenoxy) is 1. The Morgan fingerprint density at radius 1 is 1.06 bits per heavy atom.